The normalized spacial score (nSPS) is 26.7. The van der Waals surface area contributed by atoms with Crippen molar-refractivity contribution in [2.45, 2.75) is 18.5 Å². The third-order valence-electron chi connectivity index (χ3n) is 6.19. The van der Waals surface area contributed by atoms with Gasteiger partial charge in [0.2, 0.25) is 5.91 Å². The molecule has 3 aliphatic rings. The topological polar surface area (TPSA) is 62.3 Å². The fraction of sp³-hybridized carbons (Fsp3) is 0.364. The summed E-state index contributed by atoms with van der Waals surface area (Å²) >= 11 is 0. The first-order valence-corrected chi connectivity index (χ1v) is 9.83. The molecule has 7 nitrogen and oxygen atoms in total. The van der Waals surface area contributed by atoms with Gasteiger partial charge in [0.05, 0.1) is 31.9 Å². The Labute approximate surface area is 169 Å². The molecule has 0 saturated carbocycles. The van der Waals surface area contributed by atoms with Crippen molar-refractivity contribution < 1.29 is 19.1 Å². The molecule has 0 unspecified atom stereocenters. The molecule has 2 aromatic carbocycles. The summed E-state index contributed by atoms with van der Waals surface area (Å²) in [5, 5.41) is 4.28. The van der Waals surface area contributed by atoms with Crippen LogP contribution in [0.25, 0.3) is 0 Å². The maximum atomic E-state index is 13.5. The van der Waals surface area contributed by atoms with E-state index in [0.29, 0.717) is 11.4 Å². The first-order valence-electron chi connectivity index (χ1n) is 9.83. The van der Waals surface area contributed by atoms with Gasteiger partial charge in [-0.05, 0) is 36.8 Å². The predicted octanol–water partition coefficient (Wildman–Crippen LogP) is 2.24. The molecule has 0 aliphatic carbocycles. The maximum absolute atomic E-state index is 13.5. The monoisotopic (exact) mass is 393 g/mol. The van der Waals surface area contributed by atoms with Gasteiger partial charge in [-0.25, -0.2) is 14.9 Å². The molecule has 7 heteroatoms. The van der Waals surface area contributed by atoms with Crippen LogP contribution in [0.3, 0.4) is 0 Å². The number of nitrogens with zero attached hydrogens (tertiary/aromatic N) is 3. The summed E-state index contributed by atoms with van der Waals surface area (Å²) in [4.78, 5) is 28.3. The summed E-state index contributed by atoms with van der Waals surface area (Å²) < 4.78 is 10.8. The van der Waals surface area contributed by atoms with Crippen molar-refractivity contribution in [3.05, 3.63) is 54.1 Å². The van der Waals surface area contributed by atoms with Gasteiger partial charge in [-0.3, -0.25) is 9.59 Å². The lowest BCUT2D eigenvalue weighted by Crippen LogP contribution is -2.44. The number of fused-ring (bicyclic) bond motifs is 3. The molecule has 29 heavy (non-hydrogen) atoms. The van der Waals surface area contributed by atoms with E-state index in [1.165, 1.54) is 4.90 Å². The number of carbonyl (C=O) groups excluding carboxylic acids is 2. The Balaban J connectivity index is 1.57. The van der Waals surface area contributed by atoms with Gasteiger partial charge in [-0.1, -0.05) is 18.2 Å². The van der Waals surface area contributed by atoms with Gasteiger partial charge < -0.3 is 9.47 Å². The molecular weight excluding hydrogens is 370 g/mol. The molecule has 150 valence electrons. The summed E-state index contributed by atoms with van der Waals surface area (Å²) in [5.41, 5.74) is 1.53. The van der Waals surface area contributed by atoms with Gasteiger partial charge in [0, 0.05) is 18.7 Å². The second-order valence-corrected chi connectivity index (χ2v) is 7.55. The standard InChI is InChI=1S/C22H23N3O4/c1-28-15-10-8-14(9-11-15)25-21(26)18-19(16-6-3-4-7-17(16)29-2)23-12-5-13-24(23)20(18)22(25)27/h3-4,6-11,18-20H,5,12-13H2,1-2H3/t18-,19-,20+/m0/s1. The SMILES string of the molecule is COc1ccc(N2C(=O)[C@@H]3[C@H](C2=O)N2CCCN2[C@H]3c2ccccc2OC)cc1. The van der Waals surface area contributed by atoms with Gasteiger partial charge in [-0.15, -0.1) is 0 Å². The third-order valence-corrected chi connectivity index (χ3v) is 6.19. The number of para-hydroxylation sites is 1. The van der Waals surface area contributed by atoms with Crippen LogP contribution in [0, 0.1) is 5.92 Å². The fourth-order valence-electron chi connectivity index (χ4n) is 4.98. The predicted molar refractivity (Wildman–Crippen MR) is 107 cm³/mol. The first-order chi connectivity index (χ1) is 14.2. The van der Waals surface area contributed by atoms with Crippen molar-refractivity contribution in [1.82, 2.24) is 10.0 Å². The zero-order valence-electron chi connectivity index (χ0n) is 16.4. The zero-order valence-corrected chi connectivity index (χ0v) is 16.4. The Hall–Kier alpha value is -2.90. The molecule has 3 saturated heterocycles. The molecule has 0 spiro atoms. The van der Waals surface area contributed by atoms with Crippen molar-refractivity contribution in [1.29, 1.82) is 0 Å². The maximum Gasteiger partial charge on any atom is 0.253 e. The second-order valence-electron chi connectivity index (χ2n) is 7.55. The van der Waals surface area contributed by atoms with Crippen molar-refractivity contribution in [3.63, 3.8) is 0 Å². The van der Waals surface area contributed by atoms with Crippen LogP contribution >= 0.6 is 0 Å². The lowest BCUT2D eigenvalue weighted by atomic mass is 9.89. The number of hydrogen-bond donors (Lipinski definition) is 0. The van der Waals surface area contributed by atoms with Gasteiger partial charge >= 0.3 is 0 Å². The molecule has 0 bridgehead atoms. The number of amides is 2. The summed E-state index contributed by atoms with van der Waals surface area (Å²) in [6, 6.07) is 14.1. The Morgan fingerprint density at radius 2 is 1.52 bits per heavy atom. The number of imide groups is 1. The van der Waals surface area contributed by atoms with E-state index in [1.807, 2.05) is 24.3 Å². The molecule has 3 heterocycles. The van der Waals surface area contributed by atoms with E-state index < -0.39 is 12.0 Å². The molecule has 0 radical (unpaired) electrons. The van der Waals surface area contributed by atoms with Crippen LogP contribution in [0.1, 0.15) is 18.0 Å². The summed E-state index contributed by atoms with van der Waals surface area (Å²) in [6.07, 6.45) is 0.971. The van der Waals surface area contributed by atoms with Gasteiger partial charge in [0.15, 0.2) is 0 Å². The lowest BCUT2D eigenvalue weighted by Gasteiger charge is -2.30. The molecular formula is C22H23N3O4. The molecule has 2 aromatic rings. The van der Waals surface area contributed by atoms with E-state index in [2.05, 4.69) is 10.0 Å². The van der Waals surface area contributed by atoms with Crippen LogP contribution in [0.4, 0.5) is 5.69 Å². The van der Waals surface area contributed by atoms with E-state index in [-0.39, 0.29) is 17.9 Å². The first kappa shape index (κ1) is 18.1. The second kappa shape index (κ2) is 6.86. The highest BCUT2D eigenvalue weighted by molar-refractivity contribution is 6.24. The number of hydrazine groups is 1. The van der Waals surface area contributed by atoms with E-state index >= 15 is 0 Å². The molecule has 2 amide bonds. The average Bonchev–Trinajstić information content (AvgIpc) is 3.40. The van der Waals surface area contributed by atoms with Gasteiger partial charge in [-0.2, -0.15) is 0 Å². The van der Waals surface area contributed by atoms with Crippen LogP contribution in [0.5, 0.6) is 11.5 Å². The molecule has 3 aliphatic heterocycles. The molecule has 0 N–H and O–H groups in total. The fourth-order valence-corrected chi connectivity index (χ4v) is 4.98. The van der Waals surface area contributed by atoms with Crippen LogP contribution in [0.2, 0.25) is 0 Å². The number of benzene rings is 2. The number of methoxy groups -OCH3 is 2. The summed E-state index contributed by atoms with van der Waals surface area (Å²) in [6.45, 7) is 1.61. The Morgan fingerprint density at radius 1 is 0.828 bits per heavy atom. The summed E-state index contributed by atoms with van der Waals surface area (Å²) in [5.74, 6) is 0.657. The van der Waals surface area contributed by atoms with Crippen molar-refractivity contribution in [2.75, 3.05) is 32.2 Å². The average molecular weight is 393 g/mol. The van der Waals surface area contributed by atoms with Gasteiger partial charge in [0.25, 0.3) is 5.91 Å². The number of rotatable bonds is 4. The third kappa shape index (κ3) is 2.58. The molecule has 5 rings (SSSR count). The quantitative estimate of drug-likeness (QED) is 0.743. The molecule has 0 aromatic heterocycles. The number of hydrogen-bond acceptors (Lipinski definition) is 6. The van der Waals surface area contributed by atoms with Gasteiger partial charge in [0.1, 0.15) is 17.5 Å². The minimum absolute atomic E-state index is 0.157. The highest BCUT2D eigenvalue weighted by Gasteiger charge is 2.63. The van der Waals surface area contributed by atoms with Crippen LogP contribution in [-0.4, -0.2) is 55.2 Å². The minimum atomic E-state index is -0.470. The smallest absolute Gasteiger partial charge is 0.253 e. The molecule has 3 fully saturated rings. The lowest BCUT2D eigenvalue weighted by molar-refractivity contribution is -0.126. The zero-order chi connectivity index (χ0) is 20.1. The Kier molecular flexibility index (Phi) is 4.29. The van der Waals surface area contributed by atoms with Crippen LogP contribution < -0.4 is 14.4 Å². The van der Waals surface area contributed by atoms with Crippen LogP contribution in [0.15, 0.2) is 48.5 Å². The van der Waals surface area contributed by atoms with E-state index in [9.17, 15) is 9.59 Å². The largest absolute Gasteiger partial charge is 0.497 e. The highest BCUT2D eigenvalue weighted by Crippen LogP contribution is 2.50. The van der Waals surface area contributed by atoms with Crippen LogP contribution in [-0.2, 0) is 9.59 Å². The van der Waals surface area contributed by atoms with Crippen molar-refractivity contribution in [3.8, 4) is 11.5 Å². The van der Waals surface area contributed by atoms with E-state index in [0.717, 1.165) is 30.8 Å². The molecule has 3 atom stereocenters. The Bertz CT molecular complexity index is 961. The number of ether oxygens (including phenoxy) is 2. The number of anilines is 1. The highest BCUT2D eigenvalue weighted by atomic mass is 16.5. The van der Waals surface area contributed by atoms with E-state index in [1.54, 1.807) is 38.5 Å². The Morgan fingerprint density at radius 3 is 2.21 bits per heavy atom. The van der Waals surface area contributed by atoms with Crippen molar-refractivity contribution in [2.24, 2.45) is 5.92 Å². The van der Waals surface area contributed by atoms with Crippen molar-refractivity contribution >= 4 is 17.5 Å². The van der Waals surface area contributed by atoms with E-state index in [4.69, 9.17) is 9.47 Å². The summed E-state index contributed by atoms with van der Waals surface area (Å²) in [7, 11) is 3.23. The number of carbonyl (C=O) groups is 2. The minimum Gasteiger partial charge on any atom is -0.497 e.